The predicted octanol–water partition coefficient (Wildman–Crippen LogP) is 2.51. The van der Waals surface area contributed by atoms with E-state index in [2.05, 4.69) is 32.7 Å². The van der Waals surface area contributed by atoms with Crippen LogP contribution in [-0.2, 0) is 0 Å². The van der Waals surface area contributed by atoms with E-state index in [1.54, 1.807) is 11.3 Å². The maximum atomic E-state index is 6.27. The molecule has 1 aliphatic heterocycles. The summed E-state index contributed by atoms with van der Waals surface area (Å²) in [6, 6.07) is 2.30. The summed E-state index contributed by atoms with van der Waals surface area (Å²) in [6.45, 7) is 2.22. The summed E-state index contributed by atoms with van der Waals surface area (Å²) < 4.78 is 1.17. The lowest BCUT2D eigenvalue weighted by atomic mass is 9.90. The zero-order valence-corrected chi connectivity index (χ0v) is 10.4. The molecule has 2 nitrogen and oxygen atoms in total. The second kappa shape index (κ2) is 4.75. The van der Waals surface area contributed by atoms with Crippen LogP contribution in [0.25, 0.3) is 0 Å². The van der Waals surface area contributed by atoms with Gasteiger partial charge in [0.05, 0.1) is 0 Å². The molecule has 1 atom stereocenters. The summed E-state index contributed by atoms with van der Waals surface area (Å²) in [5, 5.41) is 5.46. The molecular formula is C10H15BrN2S. The average Bonchev–Trinajstić information content (AvgIpc) is 2.65. The van der Waals surface area contributed by atoms with E-state index in [1.807, 2.05) is 0 Å². The van der Waals surface area contributed by atoms with Gasteiger partial charge in [-0.1, -0.05) is 0 Å². The number of hydrogen-bond donors (Lipinski definition) is 2. The third-order valence-electron chi connectivity index (χ3n) is 2.84. The van der Waals surface area contributed by atoms with Crippen molar-refractivity contribution in [1.29, 1.82) is 0 Å². The molecular weight excluding hydrogens is 260 g/mol. The Balaban J connectivity index is 2.07. The summed E-state index contributed by atoms with van der Waals surface area (Å²) in [5.74, 6) is 0.645. The third-order valence-corrected chi connectivity index (χ3v) is 4.81. The van der Waals surface area contributed by atoms with Crippen molar-refractivity contribution in [1.82, 2.24) is 5.32 Å². The van der Waals surface area contributed by atoms with E-state index in [9.17, 15) is 0 Å². The van der Waals surface area contributed by atoms with Crippen LogP contribution in [0, 0.1) is 5.92 Å². The number of hydrogen-bond acceptors (Lipinski definition) is 3. The van der Waals surface area contributed by atoms with Gasteiger partial charge in [-0.25, -0.2) is 0 Å². The minimum Gasteiger partial charge on any atom is -0.323 e. The van der Waals surface area contributed by atoms with E-state index in [1.165, 1.54) is 22.2 Å². The highest BCUT2D eigenvalue weighted by Gasteiger charge is 2.23. The Morgan fingerprint density at radius 1 is 1.50 bits per heavy atom. The quantitative estimate of drug-likeness (QED) is 0.870. The Hall–Kier alpha value is 0.1000. The molecule has 14 heavy (non-hydrogen) atoms. The minimum absolute atomic E-state index is 0.214. The van der Waals surface area contributed by atoms with Gasteiger partial charge in [-0.2, -0.15) is 0 Å². The van der Waals surface area contributed by atoms with Gasteiger partial charge in [-0.05, 0) is 59.2 Å². The molecule has 0 saturated carbocycles. The van der Waals surface area contributed by atoms with Crippen LogP contribution in [-0.4, -0.2) is 13.1 Å². The van der Waals surface area contributed by atoms with Crippen LogP contribution in [0.4, 0.5) is 0 Å². The van der Waals surface area contributed by atoms with E-state index >= 15 is 0 Å². The minimum atomic E-state index is 0.214. The maximum Gasteiger partial charge on any atom is 0.0430 e. The zero-order chi connectivity index (χ0) is 9.97. The van der Waals surface area contributed by atoms with Gasteiger partial charge in [0.25, 0.3) is 0 Å². The molecule has 1 fully saturated rings. The summed E-state index contributed by atoms with van der Waals surface area (Å²) in [7, 11) is 0. The molecule has 0 aromatic carbocycles. The van der Waals surface area contributed by atoms with Crippen molar-refractivity contribution in [2.75, 3.05) is 13.1 Å². The first-order chi connectivity index (χ1) is 6.79. The SMILES string of the molecule is N[C@@H](c1sccc1Br)C1CCNCC1. The van der Waals surface area contributed by atoms with E-state index in [0.29, 0.717) is 5.92 Å². The van der Waals surface area contributed by atoms with Crippen molar-refractivity contribution < 1.29 is 0 Å². The van der Waals surface area contributed by atoms with Crippen molar-refractivity contribution in [3.8, 4) is 0 Å². The fourth-order valence-electron chi connectivity index (χ4n) is 1.96. The van der Waals surface area contributed by atoms with Gasteiger partial charge in [-0.3, -0.25) is 0 Å². The highest BCUT2D eigenvalue weighted by atomic mass is 79.9. The summed E-state index contributed by atoms with van der Waals surface area (Å²) >= 11 is 5.31. The standard InChI is InChI=1S/C10H15BrN2S/c11-8-3-6-14-10(8)9(12)7-1-4-13-5-2-7/h3,6-7,9,13H,1-2,4-5,12H2/t9-/m1/s1. The molecule has 2 heterocycles. The topological polar surface area (TPSA) is 38.0 Å². The molecule has 2 rings (SSSR count). The lowest BCUT2D eigenvalue weighted by Crippen LogP contribution is -2.33. The highest BCUT2D eigenvalue weighted by Crippen LogP contribution is 2.34. The lowest BCUT2D eigenvalue weighted by molar-refractivity contribution is 0.324. The molecule has 0 radical (unpaired) electrons. The molecule has 1 saturated heterocycles. The molecule has 1 aromatic rings. The van der Waals surface area contributed by atoms with Crippen molar-refractivity contribution in [3.05, 3.63) is 20.8 Å². The van der Waals surface area contributed by atoms with Gasteiger partial charge < -0.3 is 11.1 Å². The smallest absolute Gasteiger partial charge is 0.0430 e. The fourth-order valence-corrected chi connectivity index (χ4v) is 3.69. The fraction of sp³-hybridized carbons (Fsp3) is 0.600. The summed E-state index contributed by atoms with van der Waals surface area (Å²) in [4.78, 5) is 1.30. The average molecular weight is 275 g/mol. The summed E-state index contributed by atoms with van der Waals surface area (Å²) in [5.41, 5.74) is 6.27. The summed E-state index contributed by atoms with van der Waals surface area (Å²) in [6.07, 6.45) is 2.40. The van der Waals surface area contributed by atoms with E-state index < -0.39 is 0 Å². The lowest BCUT2D eigenvalue weighted by Gasteiger charge is -2.27. The van der Waals surface area contributed by atoms with Crippen molar-refractivity contribution in [2.45, 2.75) is 18.9 Å². The maximum absolute atomic E-state index is 6.27. The van der Waals surface area contributed by atoms with Crippen LogP contribution in [0.15, 0.2) is 15.9 Å². The number of thiophene rings is 1. The molecule has 0 bridgehead atoms. The Morgan fingerprint density at radius 3 is 2.79 bits per heavy atom. The van der Waals surface area contributed by atoms with Crippen LogP contribution in [0.3, 0.4) is 0 Å². The van der Waals surface area contributed by atoms with E-state index in [0.717, 1.165) is 13.1 Å². The second-order valence-corrected chi connectivity index (χ2v) is 5.55. The number of nitrogens with one attached hydrogen (secondary N) is 1. The molecule has 0 spiro atoms. The first-order valence-corrected chi connectivity index (χ1v) is 6.65. The molecule has 0 unspecified atom stereocenters. The number of nitrogens with two attached hydrogens (primary N) is 1. The predicted molar refractivity (Wildman–Crippen MR) is 64.5 cm³/mol. The molecule has 78 valence electrons. The van der Waals surface area contributed by atoms with Crippen LogP contribution in [0.1, 0.15) is 23.8 Å². The molecule has 3 N–H and O–H groups in total. The zero-order valence-electron chi connectivity index (χ0n) is 8.00. The molecule has 1 aliphatic rings. The Bertz CT molecular complexity index is 294. The van der Waals surface area contributed by atoms with Gasteiger partial charge in [-0.15, -0.1) is 11.3 Å². The monoisotopic (exact) mass is 274 g/mol. The van der Waals surface area contributed by atoms with Crippen LogP contribution in [0.2, 0.25) is 0 Å². The van der Waals surface area contributed by atoms with Crippen LogP contribution < -0.4 is 11.1 Å². The number of halogens is 1. The Kier molecular flexibility index (Phi) is 3.60. The van der Waals surface area contributed by atoms with Gasteiger partial charge >= 0.3 is 0 Å². The molecule has 1 aromatic heterocycles. The Morgan fingerprint density at radius 2 is 2.21 bits per heavy atom. The second-order valence-electron chi connectivity index (χ2n) is 3.75. The highest BCUT2D eigenvalue weighted by molar-refractivity contribution is 9.10. The van der Waals surface area contributed by atoms with Crippen LogP contribution in [0.5, 0.6) is 0 Å². The number of piperidine rings is 1. The Labute approximate surface area is 97.0 Å². The van der Waals surface area contributed by atoms with Gasteiger partial charge in [0.1, 0.15) is 0 Å². The molecule has 0 aliphatic carbocycles. The third kappa shape index (κ3) is 2.19. The first kappa shape index (κ1) is 10.6. The van der Waals surface area contributed by atoms with Crippen molar-refractivity contribution in [2.24, 2.45) is 11.7 Å². The largest absolute Gasteiger partial charge is 0.323 e. The molecule has 0 amide bonds. The van der Waals surface area contributed by atoms with Gasteiger partial charge in [0, 0.05) is 15.4 Å². The van der Waals surface area contributed by atoms with E-state index in [-0.39, 0.29) is 6.04 Å². The first-order valence-electron chi connectivity index (χ1n) is 4.98. The van der Waals surface area contributed by atoms with Crippen molar-refractivity contribution >= 4 is 27.3 Å². The van der Waals surface area contributed by atoms with Gasteiger partial charge in [0.15, 0.2) is 0 Å². The molecule has 4 heteroatoms. The van der Waals surface area contributed by atoms with Crippen LogP contribution >= 0.6 is 27.3 Å². The normalized spacial score (nSPS) is 21.0. The van der Waals surface area contributed by atoms with Crippen molar-refractivity contribution in [3.63, 3.8) is 0 Å². The van der Waals surface area contributed by atoms with Gasteiger partial charge in [0.2, 0.25) is 0 Å². The number of rotatable bonds is 2. The van der Waals surface area contributed by atoms with E-state index in [4.69, 9.17) is 5.73 Å².